The lowest BCUT2D eigenvalue weighted by atomic mass is 9.99. The Morgan fingerprint density at radius 1 is 1.08 bits per heavy atom. The molecular formula is C29H37NO8. The summed E-state index contributed by atoms with van der Waals surface area (Å²) in [6.07, 6.45) is 19.2. The van der Waals surface area contributed by atoms with Gasteiger partial charge in [0.1, 0.15) is 11.5 Å². The molecule has 9 heteroatoms. The molecule has 0 amide bonds. The highest BCUT2D eigenvalue weighted by Gasteiger charge is 2.21. The molecule has 2 aliphatic rings. The van der Waals surface area contributed by atoms with E-state index >= 15 is 0 Å². The molecule has 2 rings (SSSR count). The summed E-state index contributed by atoms with van der Waals surface area (Å²) in [6, 6.07) is 0. The Kier molecular flexibility index (Phi) is 12.8. The highest BCUT2D eigenvalue weighted by Crippen LogP contribution is 2.25. The molecule has 1 unspecified atom stereocenters. The number of ether oxygens (including phenoxy) is 3. The Hall–Kier alpha value is -3.88. The van der Waals surface area contributed by atoms with Crippen LogP contribution in [0.25, 0.3) is 0 Å². The van der Waals surface area contributed by atoms with Gasteiger partial charge in [0.15, 0.2) is 0 Å². The minimum absolute atomic E-state index is 0.0410. The number of nitrogens with zero attached hydrogens (tertiary/aromatic N) is 1. The van der Waals surface area contributed by atoms with Gasteiger partial charge in [0.25, 0.3) is 5.09 Å². The summed E-state index contributed by atoms with van der Waals surface area (Å²) in [5.41, 5.74) is 2.85. The average Bonchev–Trinajstić information content (AvgIpc) is 3.22. The minimum Gasteiger partial charge on any atom is -0.501 e. The zero-order valence-electron chi connectivity index (χ0n) is 22.5. The van der Waals surface area contributed by atoms with Crippen molar-refractivity contribution in [3.8, 4) is 0 Å². The Morgan fingerprint density at radius 2 is 1.84 bits per heavy atom. The highest BCUT2D eigenvalue weighted by molar-refractivity contribution is 5.82. The zero-order chi connectivity index (χ0) is 27.9. The van der Waals surface area contributed by atoms with Gasteiger partial charge in [-0.15, -0.1) is 10.1 Å². The van der Waals surface area contributed by atoms with E-state index in [1.807, 2.05) is 13.0 Å². The minimum atomic E-state index is -0.855. The first-order valence-electron chi connectivity index (χ1n) is 12.7. The summed E-state index contributed by atoms with van der Waals surface area (Å²) in [6.45, 7) is 6.29. The smallest absolute Gasteiger partial charge is 0.330 e. The summed E-state index contributed by atoms with van der Waals surface area (Å²) in [5, 5.41) is 9.24. The van der Waals surface area contributed by atoms with Crippen LogP contribution < -0.4 is 0 Å². The molecular weight excluding hydrogens is 490 g/mol. The molecule has 0 N–H and O–H groups in total. The van der Waals surface area contributed by atoms with E-state index < -0.39 is 17.0 Å². The summed E-state index contributed by atoms with van der Waals surface area (Å²) in [4.78, 5) is 39.2. The van der Waals surface area contributed by atoms with Crippen molar-refractivity contribution < 1.29 is 33.7 Å². The lowest BCUT2D eigenvalue weighted by Crippen LogP contribution is -2.16. The molecule has 0 bridgehead atoms. The molecule has 0 aromatic rings. The fraction of sp³-hybridized carbons (Fsp3) is 0.448. The Balaban J connectivity index is 1.94. The summed E-state index contributed by atoms with van der Waals surface area (Å²) in [7, 11) is 1.53. The van der Waals surface area contributed by atoms with E-state index in [0.717, 1.165) is 18.4 Å². The van der Waals surface area contributed by atoms with E-state index in [9.17, 15) is 19.7 Å². The highest BCUT2D eigenvalue weighted by atomic mass is 16.9. The van der Waals surface area contributed by atoms with E-state index in [1.165, 1.54) is 18.8 Å². The third-order valence-corrected chi connectivity index (χ3v) is 5.74. The lowest BCUT2D eigenvalue weighted by Gasteiger charge is -2.15. The van der Waals surface area contributed by atoms with Crippen molar-refractivity contribution in [2.45, 2.75) is 52.9 Å². The van der Waals surface area contributed by atoms with Crippen molar-refractivity contribution in [2.24, 2.45) is 11.8 Å². The van der Waals surface area contributed by atoms with E-state index in [1.54, 1.807) is 24.3 Å². The average molecular weight is 528 g/mol. The predicted octanol–water partition coefficient (Wildman–Crippen LogP) is 5.86. The first-order valence-corrected chi connectivity index (χ1v) is 12.7. The molecule has 0 heterocycles. The molecule has 0 radical (unpaired) electrons. The maximum absolute atomic E-state index is 12.9. The van der Waals surface area contributed by atoms with Crippen LogP contribution in [0.3, 0.4) is 0 Å². The van der Waals surface area contributed by atoms with Crippen molar-refractivity contribution in [3.63, 3.8) is 0 Å². The maximum Gasteiger partial charge on any atom is 0.330 e. The van der Waals surface area contributed by atoms with Crippen LogP contribution in [0.1, 0.15) is 52.9 Å². The van der Waals surface area contributed by atoms with Gasteiger partial charge in [0.2, 0.25) is 0 Å². The van der Waals surface area contributed by atoms with Gasteiger partial charge in [0, 0.05) is 6.08 Å². The number of methoxy groups -OCH3 is 1. The van der Waals surface area contributed by atoms with Crippen LogP contribution in [-0.2, 0) is 28.6 Å². The summed E-state index contributed by atoms with van der Waals surface area (Å²) < 4.78 is 16.2. The van der Waals surface area contributed by atoms with Gasteiger partial charge in [-0.25, -0.2) is 4.79 Å². The molecule has 0 saturated carbocycles. The van der Waals surface area contributed by atoms with Crippen molar-refractivity contribution >= 4 is 11.9 Å². The molecule has 0 fully saturated rings. The number of carbonyl (C=O) groups is 2. The normalized spacial score (nSPS) is 16.3. The van der Waals surface area contributed by atoms with Crippen LogP contribution in [0.5, 0.6) is 0 Å². The molecule has 206 valence electrons. The van der Waals surface area contributed by atoms with Crippen molar-refractivity contribution in [1.29, 1.82) is 0 Å². The third kappa shape index (κ3) is 11.5. The fourth-order valence-electron chi connectivity index (χ4n) is 3.72. The molecule has 0 aromatic carbocycles. The second-order valence-electron chi connectivity index (χ2n) is 9.35. The monoisotopic (exact) mass is 527 g/mol. The summed E-state index contributed by atoms with van der Waals surface area (Å²) >= 11 is 0. The van der Waals surface area contributed by atoms with Crippen LogP contribution in [-0.4, -0.2) is 37.3 Å². The fourth-order valence-corrected chi connectivity index (χ4v) is 3.72. The van der Waals surface area contributed by atoms with Crippen LogP contribution in [0.2, 0.25) is 0 Å². The quantitative estimate of drug-likeness (QED) is 0.0908. The Bertz CT molecular complexity index is 1070. The van der Waals surface area contributed by atoms with Crippen LogP contribution in [0.15, 0.2) is 82.9 Å². The number of carbonyl (C=O) groups excluding carboxylic acids is 2. The molecule has 9 nitrogen and oxygen atoms in total. The van der Waals surface area contributed by atoms with Gasteiger partial charge in [0.05, 0.1) is 32.7 Å². The lowest BCUT2D eigenvalue weighted by molar-refractivity contribution is -0.757. The number of hydrogen-bond acceptors (Lipinski definition) is 8. The molecule has 2 aliphatic carbocycles. The van der Waals surface area contributed by atoms with Gasteiger partial charge in [-0.2, -0.15) is 0 Å². The Morgan fingerprint density at radius 3 is 2.55 bits per heavy atom. The van der Waals surface area contributed by atoms with Gasteiger partial charge in [-0.1, -0.05) is 49.8 Å². The van der Waals surface area contributed by atoms with Crippen molar-refractivity contribution in [1.82, 2.24) is 0 Å². The van der Waals surface area contributed by atoms with E-state index in [0.29, 0.717) is 35.9 Å². The summed E-state index contributed by atoms with van der Waals surface area (Å²) in [5.74, 6) is 0.247. The second-order valence-corrected chi connectivity index (χ2v) is 9.35. The molecule has 1 atom stereocenters. The number of hydrogen-bond donors (Lipinski definition) is 0. The number of rotatable bonds is 14. The van der Waals surface area contributed by atoms with E-state index in [2.05, 4.69) is 36.9 Å². The van der Waals surface area contributed by atoms with E-state index in [4.69, 9.17) is 14.2 Å². The SMILES string of the molecule is COC1=CC(/C=C/C(=O)OCCCCO[N+](=O)[O-])=CC=C(OC(=O)C(C)C2=CCC=C(CC(C)C)C=C2)C1. The predicted molar refractivity (Wildman–Crippen MR) is 143 cm³/mol. The third-order valence-electron chi connectivity index (χ3n) is 5.74. The van der Waals surface area contributed by atoms with Crippen LogP contribution in [0, 0.1) is 22.0 Å². The van der Waals surface area contributed by atoms with Gasteiger partial charge in [-0.05, 0) is 67.9 Å². The topological polar surface area (TPSA) is 114 Å². The second kappa shape index (κ2) is 16.1. The zero-order valence-corrected chi connectivity index (χ0v) is 22.5. The Labute approximate surface area is 224 Å². The van der Waals surface area contributed by atoms with Crippen LogP contribution >= 0.6 is 0 Å². The molecule has 0 aliphatic heterocycles. The maximum atomic E-state index is 12.9. The molecule has 0 aromatic heterocycles. The van der Waals surface area contributed by atoms with Gasteiger partial charge in [-0.3, -0.25) is 4.79 Å². The van der Waals surface area contributed by atoms with Gasteiger partial charge >= 0.3 is 11.9 Å². The first kappa shape index (κ1) is 30.3. The van der Waals surface area contributed by atoms with Crippen molar-refractivity contribution in [2.75, 3.05) is 20.3 Å². The van der Waals surface area contributed by atoms with Crippen molar-refractivity contribution in [3.05, 3.63) is 93.0 Å². The number of esters is 2. The largest absolute Gasteiger partial charge is 0.501 e. The number of unbranched alkanes of at least 4 members (excludes halogenated alkanes) is 1. The number of allylic oxidation sites excluding steroid dienone is 10. The molecule has 0 spiro atoms. The van der Waals surface area contributed by atoms with Crippen LogP contribution in [0.4, 0.5) is 0 Å². The van der Waals surface area contributed by atoms with E-state index in [-0.39, 0.29) is 25.6 Å². The first-order chi connectivity index (χ1) is 18.2. The standard InChI is InChI=1S/C29H37NO8/c1-21(2)18-23-8-7-9-25(13-10-23)22(3)29(32)38-26-14-11-24(19-27(20-26)35-4)12-15-28(31)36-16-5-6-17-37-30(33)34/h8-15,19,21-22H,5-7,16-18,20H2,1-4H3/b15-12+. The molecule has 38 heavy (non-hydrogen) atoms. The molecule has 0 saturated heterocycles. The van der Waals surface area contributed by atoms with Gasteiger partial charge < -0.3 is 19.0 Å².